The number of rotatable bonds is 12. The van der Waals surface area contributed by atoms with Gasteiger partial charge < -0.3 is 9.47 Å². The summed E-state index contributed by atoms with van der Waals surface area (Å²) in [5.41, 5.74) is 6.26. The highest BCUT2D eigenvalue weighted by Gasteiger charge is 2.09. The second-order valence-corrected chi connectivity index (χ2v) is 10.8. The SMILES string of the molecule is CCOc1cc(/C=C/c2ccc(CSC(C)=O)cc2)c(OCC)cc1/C=C/c1ccc(CSC(C)=O)cc1. The molecule has 3 rings (SSSR count). The minimum Gasteiger partial charge on any atom is -0.493 e. The van der Waals surface area contributed by atoms with Crippen molar-refractivity contribution in [2.45, 2.75) is 39.2 Å². The molecule has 0 bridgehead atoms. The van der Waals surface area contributed by atoms with Gasteiger partial charge in [-0.15, -0.1) is 0 Å². The van der Waals surface area contributed by atoms with E-state index in [1.807, 2.05) is 62.4 Å². The van der Waals surface area contributed by atoms with Crippen molar-refractivity contribution in [1.82, 2.24) is 0 Å². The van der Waals surface area contributed by atoms with Crippen molar-refractivity contribution < 1.29 is 19.1 Å². The van der Waals surface area contributed by atoms with Crippen LogP contribution in [0.3, 0.4) is 0 Å². The molecule has 38 heavy (non-hydrogen) atoms. The molecule has 3 aromatic rings. The van der Waals surface area contributed by atoms with Crippen molar-refractivity contribution >= 4 is 58.1 Å². The van der Waals surface area contributed by atoms with Gasteiger partial charge in [-0.3, -0.25) is 9.59 Å². The molecule has 0 spiro atoms. The van der Waals surface area contributed by atoms with E-state index >= 15 is 0 Å². The van der Waals surface area contributed by atoms with Gasteiger partial charge in [0.15, 0.2) is 10.2 Å². The lowest BCUT2D eigenvalue weighted by atomic mass is 10.0. The lowest BCUT2D eigenvalue weighted by Crippen LogP contribution is -1.99. The first-order valence-electron chi connectivity index (χ1n) is 12.6. The van der Waals surface area contributed by atoms with Crippen molar-refractivity contribution in [2.75, 3.05) is 13.2 Å². The average molecular weight is 547 g/mol. The zero-order valence-electron chi connectivity index (χ0n) is 22.4. The Kier molecular flexibility index (Phi) is 11.8. The number of hydrogen-bond acceptors (Lipinski definition) is 6. The largest absolute Gasteiger partial charge is 0.493 e. The number of ether oxygens (including phenoxy) is 2. The molecule has 4 nitrogen and oxygen atoms in total. The summed E-state index contributed by atoms with van der Waals surface area (Å²) < 4.78 is 12.0. The van der Waals surface area contributed by atoms with Gasteiger partial charge in [0, 0.05) is 36.5 Å². The molecule has 198 valence electrons. The van der Waals surface area contributed by atoms with E-state index in [4.69, 9.17) is 9.47 Å². The van der Waals surface area contributed by atoms with Crippen molar-refractivity contribution in [3.63, 3.8) is 0 Å². The monoisotopic (exact) mass is 546 g/mol. The Bertz CT molecular complexity index is 1170. The summed E-state index contributed by atoms with van der Waals surface area (Å²) in [7, 11) is 0. The second-order valence-electron chi connectivity index (χ2n) is 8.50. The predicted octanol–water partition coefficient (Wildman–Crippen LogP) is 8.38. The van der Waals surface area contributed by atoms with Crippen molar-refractivity contribution in [1.29, 1.82) is 0 Å². The minimum atomic E-state index is 0.124. The van der Waals surface area contributed by atoms with E-state index in [9.17, 15) is 9.59 Å². The molecule has 3 aromatic carbocycles. The molecule has 0 unspecified atom stereocenters. The molecule has 0 aromatic heterocycles. The normalized spacial score (nSPS) is 11.3. The zero-order valence-corrected chi connectivity index (χ0v) is 24.0. The van der Waals surface area contributed by atoms with E-state index in [1.165, 1.54) is 23.5 Å². The summed E-state index contributed by atoms with van der Waals surface area (Å²) in [5, 5.41) is 0.248. The van der Waals surface area contributed by atoms with Crippen LogP contribution in [-0.2, 0) is 21.1 Å². The summed E-state index contributed by atoms with van der Waals surface area (Å²) in [5.74, 6) is 2.95. The smallest absolute Gasteiger partial charge is 0.186 e. The maximum absolute atomic E-state index is 11.2. The summed E-state index contributed by atoms with van der Waals surface area (Å²) in [4.78, 5) is 22.4. The first-order valence-corrected chi connectivity index (χ1v) is 14.6. The Labute approximate surface area is 234 Å². The van der Waals surface area contributed by atoms with Gasteiger partial charge in [-0.05, 0) is 48.2 Å². The number of hydrogen-bond donors (Lipinski definition) is 0. The van der Waals surface area contributed by atoms with Gasteiger partial charge in [-0.25, -0.2) is 0 Å². The van der Waals surface area contributed by atoms with Crippen LogP contribution < -0.4 is 9.47 Å². The van der Waals surface area contributed by atoms with Gasteiger partial charge in [0.05, 0.1) is 13.2 Å². The quantitative estimate of drug-likeness (QED) is 0.213. The van der Waals surface area contributed by atoms with E-state index in [0.717, 1.165) is 44.9 Å². The molecule has 0 radical (unpaired) electrons. The third-order valence-electron chi connectivity index (χ3n) is 5.50. The fourth-order valence-corrected chi connectivity index (χ4v) is 4.73. The van der Waals surface area contributed by atoms with Crippen LogP contribution in [0.25, 0.3) is 24.3 Å². The molecular weight excluding hydrogens is 512 g/mol. The lowest BCUT2D eigenvalue weighted by Gasteiger charge is -2.14. The molecule has 0 atom stereocenters. The first-order chi connectivity index (χ1) is 18.4. The maximum Gasteiger partial charge on any atom is 0.186 e. The molecule has 6 heteroatoms. The summed E-state index contributed by atoms with van der Waals surface area (Å²) >= 11 is 2.63. The van der Waals surface area contributed by atoms with Crippen LogP contribution in [0.4, 0.5) is 0 Å². The molecule has 0 amide bonds. The fourth-order valence-electron chi connectivity index (χ4n) is 3.60. The molecule has 0 aliphatic heterocycles. The van der Waals surface area contributed by atoms with E-state index in [-0.39, 0.29) is 10.2 Å². The molecule has 0 aliphatic carbocycles. The minimum absolute atomic E-state index is 0.124. The Morgan fingerprint density at radius 2 is 1.00 bits per heavy atom. The molecule has 0 N–H and O–H groups in total. The Hall–Kier alpha value is -3.22. The average Bonchev–Trinajstić information content (AvgIpc) is 2.91. The third-order valence-corrected chi connectivity index (χ3v) is 7.26. The first kappa shape index (κ1) is 29.3. The van der Waals surface area contributed by atoms with Crippen molar-refractivity contribution in [3.05, 3.63) is 94.0 Å². The number of carbonyl (C=O) groups excluding carboxylic acids is 2. The van der Waals surface area contributed by atoms with Crippen LogP contribution in [-0.4, -0.2) is 23.4 Å². The van der Waals surface area contributed by atoms with Gasteiger partial charge in [-0.1, -0.05) is 96.4 Å². The van der Waals surface area contributed by atoms with E-state index < -0.39 is 0 Å². The second kappa shape index (κ2) is 15.3. The summed E-state index contributed by atoms with van der Waals surface area (Å²) in [6.45, 7) is 8.24. The molecule has 0 heterocycles. The Morgan fingerprint density at radius 1 is 0.632 bits per heavy atom. The highest BCUT2D eigenvalue weighted by molar-refractivity contribution is 8.13. The molecule has 0 saturated heterocycles. The highest BCUT2D eigenvalue weighted by atomic mass is 32.2. The predicted molar refractivity (Wildman–Crippen MR) is 163 cm³/mol. The Morgan fingerprint density at radius 3 is 1.32 bits per heavy atom. The molecule has 0 saturated carbocycles. The fraction of sp³-hybridized carbons (Fsp3) is 0.250. The van der Waals surface area contributed by atoms with Crippen molar-refractivity contribution in [2.24, 2.45) is 0 Å². The van der Waals surface area contributed by atoms with Crippen LogP contribution >= 0.6 is 23.5 Å². The maximum atomic E-state index is 11.2. The third kappa shape index (κ3) is 9.58. The highest BCUT2D eigenvalue weighted by Crippen LogP contribution is 2.32. The Balaban J connectivity index is 1.81. The lowest BCUT2D eigenvalue weighted by molar-refractivity contribution is -0.109. The van der Waals surface area contributed by atoms with Gasteiger partial charge >= 0.3 is 0 Å². The van der Waals surface area contributed by atoms with Crippen LogP contribution in [0, 0.1) is 0 Å². The van der Waals surface area contributed by atoms with Gasteiger partial charge in [0.25, 0.3) is 0 Å². The van der Waals surface area contributed by atoms with E-state index in [0.29, 0.717) is 24.7 Å². The number of benzene rings is 3. The molecular formula is C32H34O4S2. The van der Waals surface area contributed by atoms with E-state index in [2.05, 4.69) is 36.4 Å². The van der Waals surface area contributed by atoms with Crippen LogP contribution in [0.2, 0.25) is 0 Å². The van der Waals surface area contributed by atoms with Crippen LogP contribution in [0.5, 0.6) is 11.5 Å². The molecule has 0 fully saturated rings. The zero-order chi connectivity index (χ0) is 27.3. The molecule has 0 aliphatic rings. The van der Waals surface area contributed by atoms with Gasteiger partial charge in [0.1, 0.15) is 11.5 Å². The number of thioether (sulfide) groups is 2. The topological polar surface area (TPSA) is 52.6 Å². The van der Waals surface area contributed by atoms with Gasteiger partial charge in [-0.2, -0.15) is 0 Å². The van der Waals surface area contributed by atoms with Crippen molar-refractivity contribution in [3.8, 4) is 11.5 Å². The summed E-state index contributed by atoms with van der Waals surface area (Å²) in [6.07, 6.45) is 8.18. The van der Waals surface area contributed by atoms with Gasteiger partial charge in [0.2, 0.25) is 0 Å². The standard InChI is InChI=1S/C32H34O4S2/c1-5-35-31-19-30(18-16-26-9-13-28(14-10-26)22-38-24(4)34)32(36-6-2)20-29(31)17-15-25-7-11-27(12-8-25)21-37-23(3)33/h7-20H,5-6,21-22H2,1-4H3/b17-15+,18-16+. The summed E-state index contributed by atoms with van der Waals surface area (Å²) in [6, 6.07) is 20.4. The van der Waals surface area contributed by atoms with Crippen LogP contribution in [0.15, 0.2) is 60.7 Å². The van der Waals surface area contributed by atoms with E-state index in [1.54, 1.807) is 13.8 Å². The van der Waals surface area contributed by atoms with Crippen LogP contribution in [0.1, 0.15) is 61.1 Å². The number of carbonyl (C=O) groups is 2.